The van der Waals surface area contributed by atoms with Gasteiger partial charge in [-0.25, -0.2) is 9.97 Å². The second-order valence-electron chi connectivity index (χ2n) is 2.57. The minimum absolute atomic E-state index is 0.108. The fourth-order valence-corrected chi connectivity index (χ4v) is 2.71. The molecule has 1 heterocycles. The third-order valence-corrected chi connectivity index (χ3v) is 2.93. The highest BCUT2D eigenvalue weighted by atomic mass is 79.9. The van der Waals surface area contributed by atoms with Crippen LogP contribution in [0.3, 0.4) is 0 Å². The zero-order valence-corrected chi connectivity index (χ0v) is 10.4. The van der Waals surface area contributed by atoms with Crippen LogP contribution in [-0.2, 0) is 0 Å². The Hall–Kier alpha value is -0.0900. The highest BCUT2D eigenvalue weighted by molar-refractivity contribution is 9.10. The largest absolute Gasteiger partial charge is 0.224 e. The average molecular weight is 312 g/mol. The van der Waals surface area contributed by atoms with Crippen molar-refractivity contribution in [2.75, 3.05) is 0 Å². The summed E-state index contributed by atoms with van der Waals surface area (Å²) in [6.07, 6.45) is 0. The Kier molecular flexibility index (Phi) is 2.84. The summed E-state index contributed by atoms with van der Waals surface area (Å²) < 4.78 is 0.752. The molecule has 72 valence electrons. The Morgan fingerprint density at radius 1 is 1.07 bits per heavy atom. The highest BCUT2D eigenvalue weighted by Crippen LogP contribution is 2.32. The van der Waals surface area contributed by atoms with Gasteiger partial charge in [-0.1, -0.05) is 23.2 Å². The fourth-order valence-electron chi connectivity index (χ4n) is 1.11. The van der Waals surface area contributed by atoms with Gasteiger partial charge in [0.15, 0.2) is 0 Å². The molecule has 0 bridgehead atoms. The first-order chi connectivity index (χ1) is 6.58. The second kappa shape index (κ2) is 3.81. The van der Waals surface area contributed by atoms with Crippen molar-refractivity contribution in [3.8, 4) is 0 Å². The SMILES string of the molecule is Clc1cc(Br)c2c(Cl)nc(Cl)nc2c1. The van der Waals surface area contributed by atoms with E-state index in [1.165, 1.54) is 0 Å². The van der Waals surface area contributed by atoms with Gasteiger partial charge >= 0.3 is 0 Å². The standard InChI is InChI=1S/C8H2BrCl3N2/c9-4-1-3(10)2-5-6(4)7(11)14-8(12)13-5/h1-2H. The lowest BCUT2D eigenvalue weighted by molar-refractivity contribution is 1.22. The van der Waals surface area contributed by atoms with Crippen LogP contribution >= 0.6 is 50.7 Å². The van der Waals surface area contributed by atoms with Crippen LogP contribution in [0.5, 0.6) is 0 Å². The van der Waals surface area contributed by atoms with Gasteiger partial charge in [-0.15, -0.1) is 0 Å². The summed E-state index contributed by atoms with van der Waals surface area (Å²) in [4.78, 5) is 7.85. The second-order valence-corrected chi connectivity index (χ2v) is 4.55. The molecular formula is C8H2BrCl3N2. The summed E-state index contributed by atoms with van der Waals surface area (Å²) in [5.74, 6) is 0. The molecule has 14 heavy (non-hydrogen) atoms. The number of hydrogen-bond donors (Lipinski definition) is 0. The number of nitrogens with zero attached hydrogens (tertiary/aromatic N) is 2. The van der Waals surface area contributed by atoms with Crippen molar-refractivity contribution < 1.29 is 0 Å². The van der Waals surface area contributed by atoms with Crippen molar-refractivity contribution >= 4 is 61.6 Å². The summed E-state index contributed by atoms with van der Waals surface area (Å²) in [6.45, 7) is 0. The van der Waals surface area contributed by atoms with E-state index in [9.17, 15) is 0 Å². The summed E-state index contributed by atoms with van der Waals surface area (Å²) in [6, 6.07) is 3.41. The van der Waals surface area contributed by atoms with Crippen molar-refractivity contribution in [1.29, 1.82) is 0 Å². The predicted octanol–water partition coefficient (Wildman–Crippen LogP) is 4.35. The van der Waals surface area contributed by atoms with Crippen molar-refractivity contribution in [2.24, 2.45) is 0 Å². The van der Waals surface area contributed by atoms with Gasteiger partial charge in [-0.2, -0.15) is 0 Å². The van der Waals surface area contributed by atoms with Crippen LogP contribution in [0.4, 0.5) is 0 Å². The van der Waals surface area contributed by atoms with Crippen LogP contribution in [0.2, 0.25) is 15.5 Å². The molecule has 1 aromatic carbocycles. The lowest BCUT2D eigenvalue weighted by Crippen LogP contribution is -1.87. The van der Waals surface area contributed by atoms with Gasteiger partial charge in [-0.05, 0) is 39.7 Å². The Morgan fingerprint density at radius 2 is 1.79 bits per heavy atom. The molecule has 0 aliphatic carbocycles. The van der Waals surface area contributed by atoms with E-state index in [0.29, 0.717) is 21.1 Å². The van der Waals surface area contributed by atoms with E-state index in [1.54, 1.807) is 12.1 Å². The fraction of sp³-hybridized carbons (Fsp3) is 0. The van der Waals surface area contributed by atoms with Crippen LogP contribution in [0.15, 0.2) is 16.6 Å². The molecule has 0 aliphatic heterocycles. The van der Waals surface area contributed by atoms with E-state index in [0.717, 1.165) is 4.47 Å². The van der Waals surface area contributed by atoms with E-state index >= 15 is 0 Å². The van der Waals surface area contributed by atoms with Crippen LogP contribution in [0, 0.1) is 0 Å². The molecule has 6 heteroatoms. The summed E-state index contributed by atoms with van der Waals surface area (Å²) in [7, 11) is 0. The number of aromatic nitrogens is 2. The normalized spacial score (nSPS) is 10.9. The number of benzene rings is 1. The quantitative estimate of drug-likeness (QED) is 0.534. The Morgan fingerprint density at radius 3 is 2.50 bits per heavy atom. The van der Waals surface area contributed by atoms with E-state index in [1.807, 2.05) is 0 Å². The van der Waals surface area contributed by atoms with Gasteiger partial charge in [-0.3, -0.25) is 0 Å². The van der Waals surface area contributed by atoms with Crippen molar-refractivity contribution in [3.63, 3.8) is 0 Å². The van der Waals surface area contributed by atoms with Crippen molar-refractivity contribution in [2.45, 2.75) is 0 Å². The average Bonchev–Trinajstić information content (AvgIpc) is 1.99. The third-order valence-electron chi connectivity index (χ3n) is 1.64. The zero-order chi connectivity index (χ0) is 10.3. The molecule has 0 N–H and O–H groups in total. The van der Waals surface area contributed by atoms with Gasteiger partial charge in [0.1, 0.15) is 5.15 Å². The minimum atomic E-state index is 0.108. The summed E-state index contributed by atoms with van der Waals surface area (Å²) >= 11 is 20.8. The topological polar surface area (TPSA) is 25.8 Å². The molecule has 0 atom stereocenters. The molecule has 0 saturated heterocycles. The first-order valence-electron chi connectivity index (χ1n) is 3.56. The Balaban J connectivity index is 2.94. The highest BCUT2D eigenvalue weighted by Gasteiger charge is 2.09. The number of fused-ring (bicyclic) bond motifs is 1. The number of hydrogen-bond acceptors (Lipinski definition) is 2. The molecule has 0 spiro atoms. The third kappa shape index (κ3) is 1.82. The predicted molar refractivity (Wildman–Crippen MR) is 62.3 cm³/mol. The van der Waals surface area contributed by atoms with Gasteiger partial charge in [0.05, 0.1) is 10.9 Å². The lowest BCUT2D eigenvalue weighted by atomic mass is 10.2. The monoisotopic (exact) mass is 310 g/mol. The first kappa shape index (κ1) is 10.4. The minimum Gasteiger partial charge on any atom is -0.218 e. The maximum atomic E-state index is 5.91. The molecular weight excluding hydrogens is 310 g/mol. The smallest absolute Gasteiger partial charge is 0.218 e. The molecule has 1 aromatic heterocycles. The van der Waals surface area contributed by atoms with Crippen LogP contribution in [0.25, 0.3) is 10.9 Å². The molecule has 2 nitrogen and oxygen atoms in total. The summed E-state index contributed by atoms with van der Waals surface area (Å²) in [5.41, 5.74) is 0.620. The van der Waals surface area contributed by atoms with Crippen molar-refractivity contribution in [3.05, 3.63) is 32.1 Å². The van der Waals surface area contributed by atoms with E-state index in [-0.39, 0.29) is 5.28 Å². The van der Waals surface area contributed by atoms with Crippen LogP contribution in [-0.4, -0.2) is 9.97 Å². The lowest BCUT2D eigenvalue weighted by Gasteiger charge is -2.03. The van der Waals surface area contributed by atoms with Gasteiger partial charge in [0.25, 0.3) is 0 Å². The van der Waals surface area contributed by atoms with E-state index in [2.05, 4.69) is 25.9 Å². The molecule has 0 fully saturated rings. The van der Waals surface area contributed by atoms with Gasteiger partial charge in [0.2, 0.25) is 5.28 Å². The number of halogens is 4. The molecule has 0 amide bonds. The molecule has 0 unspecified atom stereocenters. The molecule has 0 aliphatic rings. The zero-order valence-electron chi connectivity index (χ0n) is 6.56. The molecule has 2 aromatic rings. The van der Waals surface area contributed by atoms with Gasteiger partial charge < -0.3 is 0 Å². The Bertz CT molecular complexity index is 473. The van der Waals surface area contributed by atoms with Crippen LogP contribution < -0.4 is 0 Å². The maximum Gasteiger partial charge on any atom is 0.224 e. The Labute approximate surface area is 103 Å². The maximum absolute atomic E-state index is 5.91. The number of rotatable bonds is 0. The van der Waals surface area contributed by atoms with Crippen molar-refractivity contribution in [1.82, 2.24) is 9.97 Å². The summed E-state index contributed by atoms with van der Waals surface area (Å²) in [5, 5.41) is 1.69. The molecule has 0 saturated carbocycles. The van der Waals surface area contributed by atoms with Crippen LogP contribution in [0.1, 0.15) is 0 Å². The first-order valence-corrected chi connectivity index (χ1v) is 5.48. The van der Waals surface area contributed by atoms with Gasteiger partial charge in [0, 0.05) is 9.50 Å². The molecule has 0 radical (unpaired) electrons. The van der Waals surface area contributed by atoms with E-state index in [4.69, 9.17) is 34.8 Å². The van der Waals surface area contributed by atoms with E-state index < -0.39 is 0 Å². The molecule has 2 rings (SSSR count).